The SMILES string of the molecule is O=C(O)C(F)(F)F.O=C1CNCC2=C1C(c1cccc(C(=O)NCc3cccc(OC(F)(F)F)c3)c1)c1cn[nH]c1N2. The normalized spacial score (nSPS) is 16.3. The number of benzene rings is 2. The highest BCUT2D eigenvalue weighted by atomic mass is 19.4. The number of nitrogens with zero attached hydrogens (tertiary/aromatic N) is 1. The zero-order valence-corrected chi connectivity index (χ0v) is 21.2. The number of aromatic nitrogens is 2. The van der Waals surface area contributed by atoms with Crippen LogP contribution < -0.4 is 20.7 Å². The zero-order valence-electron chi connectivity index (χ0n) is 21.2. The molecule has 0 saturated carbocycles. The molecule has 2 aliphatic heterocycles. The zero-order chi connectivity index (χ0) is 30.7. The summed E-state index contributed by atoms with van der Waals surface area (Å²) in [6.07, 6.45) is -8.22. The van der Waals surface area contributed by atoms with Gasteiger partial charge in [-0.25, -0.2) is 4.79 Å². The van der Waals surface area contributed by atoms with Crippen molar-refractivity contribution in [2.45, 2.75) is 25.0 Å². The molecule has 1 atom stereocenters. The molecule has 5 rings (SSSR count). The topological polar surface area (TPSA) is 145 Å². The van der Waals surface area contributed by atoms with Gasteiger partial charge in [-0.2, -0.15) is 18.3 Å². The number of rotatable bonds is 5. The molecule has 0 radical (unpaired) electrons. The van der Waals surface area contributed by atoms with Crippen molar-refractivity contribution >= 4 is 23.5 Å². The van der Waals surface area contributed by atoms with Crippen LogP contribution >= 0.6 is 0 Å². The van der Waals surface area contributed by atoms with Gasteiger partial charge in [0, 0.05) is 41.4 Å². The summed E-state index contributed by atoms with van der Waals surface area (Å²) in [6, 6.07) is 12.4. The number of ether oxygens (including phenoxy) is 1. The van der Waals surface area contributed by atoms with Crippen LogP contribution in [0.4, 0.5) is 32.2 Å². The van der Waals surface area contributed by atoms with E-state index in [1.54, 1.807) is 30.5 Å². The maximum Gasteiger partial charge on any atom is 0.573 e. The molecule has 1 unspecified atom stereocenters. The number of amides is 1. The average molecular weight is 597 g/mol. The Morgan fingerprint density at radius 1 is 1.05 bits per heavy atom. The number of aliphatic carboxylic acids is 1. The summed E-state index contributed by atoms with van der Waals surface area (Å²) in [4.78, 5) is 34.5. The van der Waals surface area contributed by atoms with E-state index in [0.29, 0.717) is 29.1 Å². The minimum Gasteiger partial charge on any atom is -0.475 e. The maximum absolute atomic E-state index is 12.9. The van der Waals surface area contributed by atoms with E-state index >= 15 is 0 Å². The Labute approximate surface area is 232 Å². The predicted molar refractivity (Wildman–Crippen MR) is 133 cm³/mol. The molecule has 1 amide bonds. The van der Waals surface area contributed by atoms with Crippen molar-refractivity contribution in [3.8, 4) is 5.75 Å². The standard InChI is InChI=1S/C24H20F3N5O3.C2HF3O2/c25-24(26,27)35-16-6-1-3-13(7-16)9-29-23(34)15-5-2-4-14(8-15)20-17-10-30-32-22(17)31-18-11-28-12-19(33)21(18)20;3-2(4,5)1(6)7/h1-8,10,20,28H,9,11-12H2,(H,29,34)(H2,30,31,32);(H,6,7). The van der Waals surface area contributed by atoms with E-state index in [2.05, 4.69) is 30.9 Å². The molecule has 3 heterocycles. The van der Waals surface area contributed by atoms with Crippen molar-refractivity contribution in [1.29, 1.82) is 0 Å². The number of anilines is 1. The van der Waals surface area contributed by atoms with Gasteiger partial charge in [0.2, 0.25) is 0 Å². The molecule has 0 saturated heterocycles. The molecule has 2 aliphatic rings. The number of carboxylic acid groups (broad SMARTS) is 1. The number of fused-ring (bicyclic) bond motifs is 1. The lowest BCUT2D eigenvalue weighted by molar-refractivity contribution is -0.274. The third-order valence-electron chi connectivity index (χ3n) is 6.07. The first-order chi connectivity index (χ1) is 19.7. The highest BCUT2D eigenvalue weighted by Gasteiger charge is 2.38. The molecule has 1 aromatic heterocycles. The van der Waals surface area contributed by atoms with Gasteiger partial charge in [0.25, 0.3) is 5.91 Å². The highest BCUT2D eigenvalue weighted by molar-refractivity contribution is 6.02. The summed E-state index contributed by atoms with van der Waals surface area (Å²) in [5.41, 5.74) is 3.77. The van der Waals surface area contributed by atoms with Crippen molar-refractivity contribution in [1.82, 2.24) is 20.8 Å². The third-order valence-corrected chi connectivity index (χ3v) is 6.07. The van der Waals surface area contributed by atoms with Gasteiger partial charge in [-0.15, -0.1) is 13.2 Å². The lowest BCUT2D eigenvalue weighted by atomic mass is 9.79. The fourth-order valence-corrected chi connectivity index (χ4v) is 4.37. The first-order valence-corrected chi connectivity index (χ1v) is 12.0. The number of hydrogen-bond donors (Lipinski definition) is 5. The van der Waals surface area contributed by atoms with Crippen molar-refractivity contribution < 1.29 is 50.6 Å². The van der Waals surface area contributed by atoms with Gasteiger partial charge < -0.3 is 25.8 Å². The van der Waals surface area contributed by atoms with Crippen molar-refractivity contribution in [3.63, 3.8) is 0 Å². The van der Waals surface area contributed by atoms with Gasteiger partial charge in [-0.3, -0.25) is 14.7 Å². The summed E-state index contributed by atoms with van der Waals surface area (Å²) >= 11 is 0. The molecule has 222 valence electrons. The lowest BCUT2D eigenvalue weighted by Gasteiger charge is -2.32. The van der Waals surface area contributed by atoms with Crippen LogP contribution in [0.3, 0.4) is 0 Å². The van der Waals surface area contributed by atoms with Gasteiger partial charge in [-0.1, -0.05) is 24.3 Å². The number of ketones is 1. The van der Waals surface area contributed by atoms with Crippen molar-refractivity contribution in [3.05, 3.63) is 88.3 Å². The highest BCUT2D eigenvalue weighted by Crippen LogP contribution is 2.41. The Hall–Kier alpha value is -4.86. The van der Waals surface area contributed by atoms with Crippen LogP contribution in [0, 0.1) is 0 Å². The molecule has 5 N–H and O–H groups in total. The van der Waals surface area contributed by atoms with Crippen LogP contribution in [0.5, 0.6) is 5.75 Å². The molecule has 0 aliphatic carbocycles. The first kappa shape index (κ1) is 30.1. The second-order valence-electron chi connectivity index (χ2n) is 8.98. The predicted octanol–water partition coefficient (Wildman–Crippen LogP) is 3.86. The number of carboxylic acids is 1. The number of carbonyl (C=O) groups is 3. The van der Waals surface area contributed by atoms with Gasteiger partial charge in [0.1, 0.15) is 11.6 Å². The minimum absolute atomic E-state index is 0.0107. The van der Waals surface area contributed by atoms with Crippen LogP contribution in [0.2, 0.25) is 0 Å². The smallest absolute Gasteiger partial charge is 0.475 e. The summed E-state index contributed by atoms with van der Waals surface area (Å²) < 4.78 is 73.1. The molecule has 0 bridgehead atoms. The molecular formula is C26H21F6N5O5. The maximum atomic E-state index is 12.9. The van der Waals surface area contributed by atoms with E-state index in [1.807, 2.05) is 6.07 Å². The molecule has 0 spiro atoms. The Morgan fingerprint density at radius 3 is 2.45 bits per heavy atom. The third kappa shape index (κ3) is 7.25. The fourth-order valence-electron chi connectivity index (χ4n) is 4.37. The monoisotopic (exact) mass is 597 g/mol. The number of alkyl halides is 6. The van der Waals surface area contributed by atoms with E-state index in [9.17, 15) is 35.9 Å². The fraction of sp³-hybridized carbons (Fsp3) is 0.231. The molecule has 10 nitrogen and oxygen atoms in total. The van der Waals surface area contributed by atoms with E-state index in [-0.39, 0.29) is 24.6 Å². The summed E-state index contributed by atoms with van der Waals surface area (Å²) in [7, 11) is 0. The van der Waals surface area contributed by atoms with Crippen molar-refractivity contribution in [2.24, 2.45) is 0 Å². The Balaban J connectivity index is 0.000000517. The van der Waals surface area contributed by atoms with Gasteiger partial charge >= 0.3 is 18.5 Å². The number of Topliss-reactive ketones (excluding diaryl/α,β-unsaturated/α-hetero) is 1. The first-order valence-electron chi connectivity index (χ1n) is 12.0. The van der Waals surface area contributed by atoms with Crippen LogP contribution in [0.25, 0.3) is 0 Å². The van der Waals surface area contributed by atoms with E-state index in [4.69, 9.17) is 9.90 Å². The number of H-pyrrole nitrogens is 1. The summed E-state index contributed by atoms with van der Waals surface area (Å²) in [5, 5.41) is 23.1. The average Bonchev–Trinajstić information content (AvgIpc) is 3.38. The largest absolute Gasteiger partial charge is 0.573 e. The molecular weight excluding hydrogens is 576 g/mol. The second kappa shape index (κ2) is 11.9. The Morgan fingerprint density at radius 2 is 1.76 bits per heavy atom. The molecule has 0 fully saturated rings. The van der Waals surface area contributed by atoms with Gasteiger partial charge in [-0.05, 0) is 35.4 Å². The van der Waals surface area contributed by atoms with Gasteiger partial charge in [0.15, 0.2) is 5.78 Å². The second-order valence-corrected chi connectivity index (χ2v) is 8.98. The quantitative estimate of drug-likeness (QED) is 0.279. The van der Waals surface area contributed by atoms with E-state index < -0.39 is 30.3 Å². The van der Waals surface area contributed by atoms with Crippen LogP contribution in [0.15, 0.2) is 66.0 Å². The van der Waals surface area contributed by atoms with Crippen LogP contribution in [-0.2, 0) is 16.1 Å². The lowest BCUT2D eigenvalue weighted by Crippen LogP contribution is -2.39. The minimum atomic E-state index is -5.08. The van der Waals surface area contributed by atoms with Crippen LogP contribution in [0.1, 0.15) is 33.0 Å². The van der Waals surface area contributed by atoms with Crippen LogP contribution in [-0.4, -0.2) is 58.6 Å². The summed E-state index contributed by atoms with van der Waals surface area (Å²) in [6.45, 7) is 0.742. The number of carbonyl (C=O) groups excluding carboxylic acids is 2. The number of hydrogen-bond acceptors (Lipinski definition) is 7. The number of nitrogens with one attached hydrogen (secondary N) is 4. The molecule has 2 aromatic carbocycles. The Kier molecular flexibility index (Phi) is 8.56. The van der Waals surface area contributed by atoms with E-state index in [1.165, 1.54) is 18.2 Å². The Bertz CT molecular complexity index is 1530. The van der Waals surface area contributed by atoms with E-state index in [0.717, 1.165) is 16.8 Å². The van der Waals surface area contributed by atoms with Crippen molar-refractivity contribution in [2.75, 3.05) is 18.4 Å². The molecule has 16 heteroatoms. The summed E-state index contributed by atoms with van der Waals surface area (Å²) in [5.74, 6) is -3.25. The molecule has 42 heavy (non-hydrogen) atoms. The number of aromatic amines is 1. The number of halogens is 6. The van der Waals surface area contributed by atoms with Gasteiger partial charge in [0.05, 0.1) is 12.7 Å². The molecule has 3 aromatic rings.